The Morgan fingerprint density at radius 2 is 1.25 bits per heavy atom. The second-order valence-corrected chi connectivity index (χ2v) is 14.8. The minimum atomic E-state index is -4.56. The quantitative estimate of drug-likeness (QED) is 0.152. The molecule has 3 rings (SSSR count). The van der Waals surface area contributed by atoms with Gasteiger partial charge in [-0.3, -0.25) is 38.5 Å². The Morgan fingerprint density at radius 3 is 1.75 bits per heavy atom. The van der Waals surface area contributed by atoms with Crippen molar-refractivity contribution >= 4 is 25.7 Å². The Labute approximate surface area is 301 Å². The number of carboxylic acids is 3. The van der Waals surface area contributed by atoms with Gasteiger partial charge in [0.1, 0.15) is 11.8 Å². The van der Waals surface area contributed by atoms with Gasteiger partial charge in [-0.1, -0.05) is 24.6 Å². The van der Waals surface area contributed by atoms with Crippen LogP contribution in [0.3, 0.4) is 0 Å². The van der Waals surface area contributed by atoms with Crippen molar-refractivity contribution in [3.05, 3.63) is 52.1 Å². The summed E-state index contributed by atoms with van der Waals surface area (Å²) >= 11 is 0. The van der Waals surface area contributed by atoms with E-state index in [0.29, 0.717) is 44.8 Å². The number of likely N-dealkylation sites (N-methyl/N-ethyl adjacent to an activating group) is 1. The number of phosphoric ester groups is 1. The molecule has 0 aliphatic carbocycles. The molecule has 1 aliphatic rings. The van der Waals surface area contributed by atoms with E-state index in [1.165, 1.54) is 5.56 Å². The van der Waals surface area contributed by atoms with Crippen LogP contribution in [0.1, 0.15) is 47.6 Å². The molecule has 2 aromatic carbocycles. The third kappa shape index (κ3) is 13.3. The molecule has 4 N–H and O–H groups in total. The van der Waals surface area contributed by atoms with Crippen LogP contribution in [0.25, 0.3) is 11.1 Å². The summed E-state index contributed by atoms with van der Waals surface area (Å²) < 4.78 is 23.8. The van der Waals surface area contributed by atoms with Crippen LogP contribution in [-0.4, -0.2) is 142 Å². The van der Waals surface area contributed by atoms with Crippen molar-refractivity contribution in [2.45, 2.75) is 60.4 Å². The van der Waals surface area contributed by atoms with Crippen molar-refractivity contribution in [2.75, 3.05) is 78.6 Å². The van der Waals surface area contributed by atoms with Crippen LogP contribution in [0.4, 0.5) is 0 Å². The number of phosphoric acid groups is 1. The van der Waals surface area contributed by atoms with Crippen LogP contribution >= 0.6 is 7.82 Å². The van der Waals surface area contributed by atoms with Gasteiger partial charge < -0.3 is 24.7 Å². The van der Waals surface area contributed by atoms with Crippen LogP contribution in [-0.2, 0) is 23.5 Å². The number of hydrogen-bond donors (Lipinski definition) is 4. The SMILES string of the molecule is CCN1CCN(CC(=O)O)CCN([C@H](CCCOP(=O)(O)Oc2cc(C)c(-c3c(C)cc(C)cc3C)cc2C)C(=O)O)CCN(CC(=O)O)CC1. The van der Waals surface area contributed by atoms with Crippen LogP contribution in [0.15, 0.2) is 24.3 Å². The highest BCUT2D eigenvalue weighted by molar-refractivity contribution is 7.47. The van der Waals surface area contributed by atoms with E-state index in [4.69, 9.17) is 9.05 Å². The van der Waals surface area contributed by atoms with E-state index in [0.717, 1.165) is 34.4 Å². The van der Waals surface area contributed by atoms with Crippen molar-refractivity contribution in [2.24, 2.45) is 0 Å². The molecule has 15 heteroatoms. The smallest absolute Gasteiger partial charge is 0.480 e. The molecule has 1 aliphatic heterocycles. The second-order valence-electron chi connectivity index (χ2n) is 13.4. The Bertz CT molecular complexity index is 1520. The number of carboxylic acid groups (broad SMARTS) is 3. The molecule has 1 saturated heterocycles. The fourth-order valence-electron chi connectivity index (χ4n) is 6.71. The van der Waals surface area contributed by atoms with Gasteiger partial charge in [-0.15, -0.1) is 0 Å². The Balaban J connectivity index is 1.69. The maximum absolute atomic E-state index is 13.0. The molecule has 2 atom stereocenters. The highest BCUT2D eigenvalue weighted by atomic mass is 31.2. The molecule has 0 aromatic heterocycles. The number of benzene rings is 2. The van der Waals surface area contributed by atoms with Gasteiger partial charge in [-0.05, 0) is 99.5 Å². The van der Waals surface area contributed by atoms with Crippen LogP contribution in [0.2, 0.25) is 0 Å². The largest absolute Gasteiger partial charge is 0.527 e. The van der Waals surface area contributed by atoms with Crippen molar-refractivity contribution in [3.8, 4) is 16.9 Å². The lowest BCUT2D eigenvalue weighted by atomic mass is 9.90. The third-order valence-electron chi connectivity index (χ3n) is 9.32. The average Bonchev–Trinajstić information content (AvgIpc) is 3.01. The molecule has 0 spiro atoms. The highest BCUT2D eigenvalue weighted by Gasteiger charge is 2.29. The summed E-state index contributed by atoms with van der Waals surface area (Å²) in [5.74, 6) is -2.86. The molecule has 284 valence electrons. The third-order valence-corrected chi connectivity index (χ3v) is 10.3. The van der Waals surface area contributed by atoms with Crippen molar-refractivity contribution in [3.63, 3.8) is 0 Å². The monoisotopic (exact) mass is 734 g/mol. The van der Waals surface area contributed by atoms with Gasteiger partial charge in [0.15, 0.2) is 0 Å². The molecular formula is C36H55N4O10P. The normalized spacial score (nSPS) is 17.9. The second kappa shape index (κ2) is 19.5. The lowest BCUT2D eigenvalue weighted by Crippen LogP contribution is -2.51. The zero-order chi connectivity index (χ0) is 37.9. The summed E-state index contributed by atoms with van der Waals surface area (Å²) in [5, 5.41) is 29.2. The molecule has 1 fully saturated rings. The summed E-state index contributed by atoms with van der Waals surface area (Å²) in [6.45, 7) is 15.1. The number of carbonyl (C=O) groups is 3. The van der Waals surface area contributed by atoms with Gasteiger partial charge in [0.05, 0.1) is 19.7 Å². The Kier molecular flexibility index (Phi) is 16.1. The maximum Gasteiger partial charge on any atom is 0.527 e. The molecule has 51 heavy (non-hydrogen) atoms. The lowest BCUT2D eigenvalue weighted by Gasteiger charge is -2.35. The molecule has 14 nitrogen and oxygen atoms in total. The van der Waals surface area contributed by atoms with Gasteiger partial charge in [-0.2, -0.15) is 0 Å². The van der Waals surface area contributed by atoms with Crippen LogP contribution in [0, 0.1) is 34.6 Å². The van der Waals surface area contributed by atoms with Gasteiger partial charge in [0.2, 0.25) is 0 Å². The molecule has 0 amide bonds. The number of hydrogen-bond acceptors (Lipinski definition) is 10. The van der Waals surface area contributed by atoms with Crippen LogP contribution in [0.5, 0.6) is 5.75 Å². The predicted octanol–water partition coefficient (Wildman–Crippen LogP) is 4.04. The summed E-state index contributed by atoms with van der Waals surface area (Å²) in [7, 11) is -4.56. The first-order valence-electron chi connectivity index (χ1n) is 17.4. The molecule has 1 unspecified atom stereocenters. The van der Waals surface area contributed by atoms with E-state index in [1.54, 1.807) is 27.7 Å². The number of aliphatic carboxylic acids is 3. The van der Waals surface area contributed by atoms with Crippen molar-refractivity contribution < 1.29 is 48.2 Å². The lowest BCUT2D eigenvalue weighted by molar-refractivity contribution is -0.145. The Morgan fingerprint density at radius 1 is 0.745 bits per heavy atom. The fraction of sp³-hybridized carbons (Fsp3) is 0.583. The van der Waals surface area contributed by atoms with Crippen molar-refractivity contribution in [1.29, 1.82) is 0 Å². The first kappa shape index (κ1) is 42.1. The minimum absolute atomic E-state index is 0.0683. The molecule has 0 bridgehead atoms. The van der Waals surface area contributed by atoms with Gasteiger partial charge >= 0.3 is 25.7 Å². The predicted molar refractivity (Wildman–Crippen MR) is 194 cm³/mol. The van der Waals surface area contributed by atoms with E-state index in [9.17, 15) is 39.2 Å². The van der Waals surface area contributed by atoms with E-state index >= 15 is 0 Å². The summed E-state index contributed by atoms with van der Waals surface area (Å²) in [4.78, 5) is 53.7. The minimum Gasteiger partial charge on any atom is -0.480 e. The van der Waals surface area contributed by atoms with E-state index in [1.807, 2.05) is 19.9 Å². The first-order chi connectivity index (χ1) is 24.0. The zero-order valence-electron chi connectivity index (χ0n) is 30.8. The molecule has 1 heterocycles. The van der Waals surface area contributed by atoms with Gasteiger partial charge in [-0.25, -0.2) is 4.57 Å². The Hall–Kier alpha value is -3.36. The van der Waals surface area contributed by atoms with Crippen molar-refractivity contribution in [1.82, 2.24) is 19.6 Å². The maximum atomic E-state index is 13.0. The van der Waals surface area contributed by atoms with E-state index in [2.05, 4.69) is 37.8 Å². The standard InChI is InChI=1S/C36H55N4O10P/c1-7-37-10-12-38(23-33(41)42)14-16-40(17-15-39(13-11-37)24-34(43)44)31(36(45)46)9-8-18-49-51(47,48)50-32-22-26(3)30(21-27(32)4)35-28(5)19-25(2)20-29(35)6/h19-22,31H,7-18,23-24H2,1-6H3,(H,41,42)(H,43,44)(H,45,46)(H,47,48)/t31-/m1/s1. The summed E-state index contributed by atoms with van der Waals surface area (Å²) in [6.07, 6.45) is 0.187. The van der Waals surface area contributed by atoms with E-state index < -0.39 is 31.8 Å². The average molecular weight is 735 g/mol. The van der Waals surface area contributed by atoms with Crippen LogP contribution < -0.4 is 4.52 Å². The molecule has 0 radical (unpaired) electrons. The summed E-state index contributed by atoms with van der Waals surface area (Å²) in [5.41, 5.74) is 7.07. The van der Waals surface area contributed by atoms with Gasteiger partial charge in [0, 0.05) is 52.4 Å². The number of rotatable bonds is 15. The zero-order valence-corrected chi connectivity index (χ0v) is 31.7. The molecule has 0 saturated carbocycles. The number of aryl methyl sites for hydroxylation is 5. The topological polar surface area (TPSA) is 181 Å². The fourth-order valence-corrected chi connectivity index (χ4v) is 7.57. The van der Waals surface area contributed by atoms with E-state index in [-0.39, 0.29) is 51.4 Å². The van der Waals surface area contributed by atoms with Gasteiger partial charge in [0.25, 0.3) is 0 Å². The number of nitrogens with zero attached hydrogens (tertiary/aromatic N) is 4. The summed E-state index contributed by atoms with van der Waals surface area (Å²) in [6, 6.07) is 6.86. The first-order valence-corrected chi connectivity index (χ1v) is 18.9. The highest BCUT2D eigenvalue weighted by Crippen LogP contribution is 2.46. The molecule has 2 aromatic rings. The molecular weight excluding hydrogens is 679 g/mol.